The molecule has 2 aliphatic carbocycles. The molecule has 1 aromatic carbocycles. The van der Waals surface area contributed by atoms with E-state index in [4.69, 9.17) is 4.55 Å². The quantitative estimate of drug-likeness (QED) is 0.607. The van der Waals surface area contributed by atoms with Gasteiger partial charge in [-0.25, -0.2) is 0 Å². The van der Waals surface area contributed by atoms with Gasteiger partial charge in [-0.2, -0.15) is 8.42 Å². The molecule has 0 heterocycles. The van der Waals surface area contributed by atoms with Gasteiger partial charge < -0.3 is 0 Å². The maximum absolute atomic E-state index is 11.9. The van der Waals surface area contributed by atoms with Crippen LogP contribution in [0.4, 0.5) is 0 Å². The third kappa shape index (κ3) is 6.39. The Hall–Kier alpha value is -0.850. The molecule has 0 amide bonds. The maximum Gasteiger partial charge on any atom is 0.294 e. The minimum Gasteiger partial charge on any atom is -0.294 e. The number of carbonyl (C=O) groups is 1. The lowest BCUT2D eigenvalue weighted by Gasteiger charge is -2.27. The predicted molar refractivity (Wildman–Crippen MR) is 108 cm³/mol. The van der Waals surface area contributed by atoms with Crippen LogP contribution < -0.4 is 0 Å². The normalized spacial score (nSPS) is 23.0. The molecule has 26 heavy (non-hydrogen) atoms. The summed E-state index contributed by atoms with van der Waals surface area (Å²) >= 11 is 0. The molecule has 2 saturated carbocycles. The summed E-state index contributed by atoms with van der Waals surface area (Å²) in [6.45, 7) is 1.84. The molecule has 1 N–H and O–H groups in total. The van der Waals surface area contributed by atoms with Crippen LogP contribution in [0.25, 0.3) is 0 Å². The highest BCUT2D eigenvalue weighted by Crippen LogP contribution is 2.31. The number of carbonyl (C=O) groups excluding carboxylic acids is 1. The smallest absolute Gasteiger partial charge is 0.294 e. The van der Waals surface area contributed by atoms with Crippen LogP contribution in [-0.2, 0) is 25.8 Å². The molecule has 0 saturated heterocycles. The van der Waals surface area contributed by atoms with Crippen molar-refractivity contribution in [1.82, 2.24) is 0 Å². The first-order valence-corrected chi connectivity index (χ1v) is 12.7. The number of aryl methyl sites for hydroxylation is 1. The molecule has 0 radical (unpaired) electrons. The third-order valence-corrected chi connectivity index (χ3v) is 9.13. The average molecular weight is 400 g/mol. The molecule has 146 valence electrons. The van der Waals surface area contributed by atoms with Gasteiger partial charge in [0.15, 0.2) is 11.0 Å². The summed E-state index contributed by atoms with van der Waals surface area (Å²) in [6.07, 6.45) is 13.9. The van der Waals surface area contributed by atoms with Gasteiger partial charge in [0.1, 0.15) is 5.25 Å². The van der Waals surface area contributed by atoms with E-state index in [-0.39, 0.29) is 4.90 Å². The second-order valence-corrected chi connectivity index (χ2v) is 11.2. The van der Waals surface area contributed by atoms with E-state index in [0.29, 0.717) is 21.9 Å². The van der Waals surface area contributed by atoms with Crippen molar-refractivity contribution in [1.29, 1.82) is 0 Å². The fourth-order valence-electron chi connectivity index (χ4n) is 3.72. The van der Waals surface area contributed by atoms with Crippen molar-refractivity contribution in [3.05, 3.63) is 29.8 Å². The lowest BCUT2D eigenvalue weighted by molar-refractivity contribution is -0.119. The van der Waals surface area contributed by atoms with Gasteiger partial charge in [0.25, 0.3) is 10.1 Å². The number of benzene rings is 1. The molecule has 4 nitrogen and oxygen atoms in total. The molecule has 2 atom stereocenters. The molecule has 1 aromatic rings. The molecule has 2 unspecified atom stereocenters. The van der Waals surface area contributed by atoms with Crippen molar-refractivity contribution in [2.24, 2.45) is 0 Å². The fraction of sp³-hybridized carbons (Fsp3) is 0.650. The minimum atomic E-state index is -4.02. The zero-order valence-corrected chi connectivity index (χ0v) is 17.4. The molecule has 0 bridgehead atoms. The number of ketones is 1. The highest BCUT2D eigenvalue weighted by Gasteiger charge is 2.40. The molecule has 2 aliphatic rings. The second-order valence-electron chi connectivity index (χ2n) is 7.36. The van der Waals surface area contributed by atoms with Gasteiger partial charge >= 0.3 is 0 Å². The Bertz CT molecular complexity index is 676. The van der Waals surface area contributed by atoms with E-state index >= 15 is 0 Å². The van der Waals surface area contributed by atoms with Crippen molar-refractivity contribution in [2.45, 2.75) is 80.1 Å². The predicted octanol–water partition coefficient (Wildman–Crippen LogP) is 4.32. The average Bonchev–Trinajstić information content (AvgIpc) is 2.62. The van der Waals surface area contributed by atoms with Gasteiger partial charge in [-0.3, -0.25) is 9.35 Å². The molecule has 3 rings (SSSR count). The van der Waals surface area contributed by atoms with Gasteiger partial charge in [-0.1, -0.05) is 24.1 Å². The largest absolute Gasteiger partial charge is 0.294 e. The van der Waals surface area contributed by atoms with Crippen molar-refractivity contribution in [3.8, 4) is 0 Å². The van der Waals surface area contributed by atoms with Crippen LogP contribution >= 0.6 is 0 Å². The first kappa shape index (κ1) is 21.5. The summed E-state index contributed by atoms with van der Waals surface area (Å²) in [6, 6.07) is 5.99. The Kier molecular flexibility index (Phi) is 8.17. The van der Waals surface area contributed by atoms with Crippen LogP contribution in [0.2, 0.25) is 0 Å². The second kappa shape index (κ2) is 9.90. The Morgan fingerprint density at radius 3 is 2.08 bits per heavy atom. The Labute approximate surface area is 160 Å². The SMILES string of the molecule is C[S+](C1CCCCC1)C1CCCCC1=O.Cc1ccc(S(=O)(=O)O)cc1. The van der Waals surface area contributed by atoms with E-state index < -0.39 is 10.1 Å². The summed E-state index contributed by atoms with van der Waals surface area (Å²) in [7, 11) is -3.64. The lowest BCUT2D eigenvalue weighted by atomic mass is 9.99. The Balaban J connectivity index is 0.000000197. The number of hydrogen-bond donors (Lipinski definition) is 1. The van der Waals surface area contributed by atoms with E-state index in [2.05, 4.69) is 6.26 Å². The minimum absolute atomic E-state index is 0.0666. The molecular formula is C20H31O4S2+. The lowest BCUT2D eigenvalue weighted by Crippen LogP contribution is -2.39. The highest BCUT2D eigenvalue weighted by molar-refractivity contribution is 7.98. The van der Waals surface area contributed by atoms with Crippen LogP contribution in [0, 0.1) is 6.92 Å². The van der Waals surface area contributed by atoms with E-state index in [9.17, 15) is 13.2 Å². The van der Waals surface area contributed by atoms with Gasteiger partial charge in [0, 0.05) is 12.8 Å². The van der Waals surface area contributed by atoms with Crippen LogP contribution in [0.3, 0.4) is 0 Å². The Morgan fingerprint density at radius 2 is 1.54 bits per heavy atom. The zero-order chi connectivity index (χ0) is 19.2. The van der Waals surface area contributed by atoms with Crippen LogP contribution in [0.1, 0.15) is 63.4 Å². The van der Waals surface area contributed by atoms with Gasteiger partial charge in [0.2, 0.25) is 0 Å². The summed E-state index contributed by atoms with van der Waals surface area (Å²) < 4.78 is 29.6. The molecule has 0 spiro atoms. The fourth-order valence-corrected chi connectivity index (χ4v) is 6.82. The van der Waals surface area contributed by atoms with Crippen LogP contribution in [0.5, 0.6) is 0 Å². The van der Waals surface area contributed by atoms with E-state index in [1.807, 2.05) is 6.92 Å². The van der Waals surface area contributed by atoms with Crippen molar-refractivity contribution < 1.29 is 17.8 Å². The van der Waals surface area contributed by atoms with Gasteiger partial charge in [-0.15, -0.1) is 0 Å². The summed E-state index contributed by atoms with van der Waals surface area (Å²) in [5.41, 5.74) is 0.956. The first-order valence-electron chi connectivity index (χ1n) is 9.49. The standard InChI is InChI=1S/C13H23OS.C7H8O3S/c1-15(11-7-3-2-4-8-11)13-10-6-5-9-12(13)14;1-6-2-4-7(5-3-6)11(8,9)10/h11,13H,2-10H2,1H3;2-5H,1H3,(H,8,9,10)/q+1;. The number of Topliss-reactive ketones (excluding diaryl/α,β-unsaturated/α-hetero) is 1. The third-order valence-electron chi connectivity index (χ3n) is 5.34. The summed E-state index contributed by atoms with van der Waals surface area (Å²) in [5, 5.41) is 1.33. The molecule has 0 aromatic heterocycles. The number of rotatable bonds is 3. The van der Waals surface area contributed by atoms with E-state index in [0.717, 1.165) is 23.7 Å². The van der Waals surface area contributed by atoms with Crippen molar-refractivity contribution in [3.63, 3.8) is 0 Å². The topological polar surface area (TPSA) is 71.4 Å². The van der Waals surface area contributed by atoms with Crippen molar-refractivity contribution >= 4 is 26.8 Å². The molecule has 2 fully saturated rings. The van der Waals surface area contributed by atoms with E-state index in [1.54, 1.807) is 12.1 Å². The van der Waals surface area contributed by atoms with Crippen LogP contribution in [0.15, 0.2) is 29.2 Å². The summed E-state index contributed by atoms with van der Waals surface area (Å²) in [4.78, 5) is 11.8. The molecule has 6 heteroatoms. The monoisotopic (exact) mass is 399 g/mol. The Morgan fingerprint density at radius 1 is 0.962 bits per heavy atom. The maximum atomic E-state index is 11.9. The molecular weight excluding hydrogens is 368 g/mol. The summed E-state index contributed by atoms with van der Waals surface area (Å²) in [5.74, 6) is 0.581. The molecule has 0 aliphatic heterocycles. The van der Waals surface area contributed by atoms with Gasteiger partial charge in [-0.05, 0) is 68.5 Å². The first-order chi connectivity index (χ1) is 12.3. The zero-order valence-electron chi connectivity index (χ0n) is 15.8. The van der Waals surface area contributed by atoms with Crippen LogP contribution in [-0.4, -0.2) is 35.5 Å². The number of hydrogen-bond acceptors (Lipinski definition) is 3. The van der Waals surface area contributed by atoms with Gasteiger partial charge in [0.05, 0.1) is 11.2 Å². The van der Waals surface area contributed by atoms with Crippen molar-refractivity contribution in [2.75, 3.05) is 6.26 Å². The van der Waals surface area contributed by atoms with E-state index in [1.165, 1.54) is 57.1 Å². The highest BCUT2D eigenvalue weighted by atomic mass is 32.2.